The van der Waals surface area contributed by atoms with Gasteiger partial charge in [0.1, 0.15) is 0 Å². The van der Waals surface area contributed by atoms with E-state index in [2.05, 4.69) is 15.3 Å². The van der Waals surface area contributed by atoms with Gasteiger partial charge in [-0.2, -0.15) is 5.10 Å². The normalized spacial score (nSPS) is 24.6. The molecule has 1 amide bonds. The minimum absolute atomic E-state index is 0.0271. The molecule has 0 saturated heterocycles. The van der Waals surface area contributed by atoms with E-state index in [1.54, 1.807) is 7.05 Å². The SMILES string of the molecule is CNC(=O)c1nn(CC2CCCCC2)c2c1CC(NC1CC1)CC2. The molecule has 1 heterocycles. The lowest BCUT2D eigenvalue weighted by molar-refractivity contribution is 0.0956. The minimum atomic E-state index is -0.0271. The summed E-state index contributed by atoms with van der Waals surface area (Å²) in [6, 6.07) is 1.23. The van der Waals surface area contributed by atoms with Crippen molar-refractivity contribution < 1.29 is 4.79 Å². The number of nitrogens with one attached hydrogen (secondary N) is 2. The van der Waals surface area contributed by atoms with Crippen LogP contribution in [-0.4, -0.2) is 34.8 Å². The first-order valence-corrected chi connectivity index (χ1v) is 9.81. The van der Waals surface area contributed by atoms with Crippen molar-refractivity contribution in [2.45, 2.75) is 82.8 Å². The van der Waals surface area contributed by atoms with Crippen molar-refractivity contribution in [1.29, 1.82) is 0 Å². The van der Waals surface area contributed by atoms with Crippen LogP contribution in [0.5, 0.6) is 0 Å². The van der Waals surface area contributed by atoms with Gasteiger partial charge in [0, 0.05) is 36.9 Å². The zero-order valence-corrected chi connectivity index (χ0v) is 14.8. The van der Waals surface area contributed by atoms with Gasteiger partial charge in [0.25, 0.3) is 5.91 Å². The minimum Gasteiger partial charge on any atom is -0.354 e. The molecule has 4 rings (SSSR count). The van der Waals surface area contributed by atoms with Gasteiger partial charge in [-0.15, -0.1) is 0 Å². The van der Waals surface area contributed by atoms with E-state index < -0.39 is 0 Å². The van der Waals surface area contributed by atoms with Gasteiger partial charge in [-0.25, -0.2) is 0 Å². The van der Waals surface area contributed by atoms with Crippen LogP contribution >= 0.6 is 0 Å². The molecule has 0 bridgehead atoms. The van der Waals surface area contributed by atoms with Gasteiger partial charge in [0.15, 0.2) is 5.69 Å². The van der Waals surface area contributed by atoms with Gasteiger partial charge >= 0.3 is 0 Å². The lowest BCUT2D eigenvalue weighted by atomic mass is 9.88. The van der Waals surface area contributed by atoms with Crippen molar-refractivity contribution in [2.24, 2.45) is 5.92 Å². The van der Waals surface area contributed by atoms with Crippen LogP contribution in [-0.2, 0) is 19.4 Å². The summed E-state index contributed by atoms with van der Waals surface area (Å²) in [6.45, 7) is 1.00. The highest BCUT2D eigenvalue weighted by Crippen LogP contribution is 2.30. The zero-order valence-electron chi connectivity index (χ0n) is 14.8. The van der Waals surface area contributed by atoms with Crippen molar-refractivity contribution >= 4 is 5.91 Å². The first kappa shape index (κ1) is 16.1. The zero-order chi connectivity index (χ0) is 16.5. The number of fused-ring (bicyclic) bond motifs is 1. The van der Waals surface area contributed by atoms with Crippen molar-refractivity contribution in [2.75, 3.05) is 7.05 Å². The Bertz CT molecular complexity index is 599. The van der Waals surface area contributed by atoms with Crippen LogP contribution in [0.2, 0.25) is 0 Å². The number of carbonyl (C=O) groups is 1. The maximum atomic E-state index is 12.3. The van der Waals surface area contributed by atoms with E-state index in [-0.39, 0.29) is 5.91 Å². The maximum Gasteiger partial charge on any atom is 0.271 e. The standard InChI is InChI=1S/C19H30N4O/c1-20-19(24)18-16-11-15(21-14-7-8-14)9-10-17(16)23(22-18)12-13-5-3-2-4-6-13/h13-15,21H,2-12H2,1H3,(H,20,24). The maximum absolute atomic E-state index is 12.3. The second kappa shape index (κ2) is 6.87. The van der Waals surface area contributed by atoms with Gasteiger partial charge in [-0.1, -0.05) is 19.3 Å². The van der Waals surface area contributed by atoms with Crippen LogP contribution in [0.25, 0.3) is 0 Å². The van der Waals surface area contributed by atoms with E-state index in [1.165, 1.54) is 62.6 Å². The highest BCUT2D eigenvalue weighted by atomic mass is 16.1. The van der Waals surface area contributed by atoms with E-state index in [0.717, 1.165) is 31.3 Å². The smallest absolute Gasteiger partial charge is 0.271 e. The average molecular weight is 330 g/mol. The Labute approximate surface area is 144 Å². The van der Waals surface area contributed by atoms with Crippen LogP contribution in [0.4, 0.5) is 0 Å². The molecule has 2 N–H and O–H groups in total. The fraction of sp³-hybridized carbons (Fsp3) is 0.789. The number of nitrogens with zero attached hydrogens (tertiary/aromatic N) is 2. The molecule has 3 aliphatic carbocycles. The monoisotopic (exact) mass is 330 g/mol. The molecule has 2 fully saturated rings. The molecule has 132 valence electrons. The third kappa shape index (κ3) is 3.37. The molecular formula is C19H30N4O. The summed E-state index contributed by atoms with van der Waals surface area (Å²) < 4.78 is 2.18. The fourth-order valence-corrected chi connectivity index (χ4v) is 4.48. The largest absolute Gasteiger partial charge is 0.354 e. The first-order valence-electron chi connectivity index (χ1n) is 9.81. The van der Waals surface area contributed by atoms with Gasteiger partial charge in [-0.3, -0.25) is 9.48 Å². The van der Waals surface area contributed by atoms with Gasteiger partial charge in [-0.05, 0) is 50.9 Å². The molecule has 0 aromatic carbocycles. The fourth-order valence-electron chi connectivity index (χ4n) is 4.48. The molecule has 1 aromatic rings. The second-order valence-corrected chi connectivity index (χ2v) is 7.92. The van der Waals surface area contributed by atoms with Crippen molar-refractivity contribution in [3.63, 3.8) is 0 Å². The predicted molar refractivity (Wildman–Crippen MR) is 94.2 cm³/mol. The van der Waals surface area contributed by atoms with E-state index >= 15 is 0 Å². The average Bonchev–Trinajstić information content (AvgIpc) is 3.36. The lowest BCUT2D eigenvalue weighted by Gasteiger charge is -2.26. The Hall–Kier alpha value is -1.36. The van der Waals surface area contributed by atoms with Gasteiger partial charge < -0.3 is 10.6 Å². The summed E-state index contributed by atoms with van der Waals surface area (Å²) in [4.78, 5) is 12.3. The highest BCUT2D eigenvalue weighted by Gasteiger charge is 2.32. The van der Waals surface area contributed by atoms with Crippen LogP contribution in [0.3, 0.4) is 0 Å². The molecule has 5 nitrogen and oxygen atoms in total. The molecule has 2 saturated carbocycles. The third-order valence-electron chi connectivity index (χ3n) is 5.99. The Morgan fingerprint density at radius 3 is 2.62 bits per heavy atom. The number of carbonyl (C=O) groups excluding carboxylic acids is 1. The molecular weight excluding hydrogens is 300 g/mol. The summed E-state index contributed by atoms with van der Waals surface area (Å²) in [5.74, 6) is 0.711. The number of amides is 1. The van der Waals surface area contributed by atoms with E-state index in [4.69, 9.17) is 5.10 Å². The predicted octanol–water partition coefficient (Wildman–Crippen LogP) is 2.43. The van der Waals surface area contributed by atoms with Crippen molar-refractivity contribution in [3.8, 4) is 0 Å². The first-order chi connectivity index (χ1) is 11.7. The van der Waals surface area contributed by atoms with E-state index in [1.807, 2.05) is 0 Å². The topological polar surface area (TPSA) is 59.0 Å². The van der Waals surface area contributed by atoms with Crippen molar-refractivity contribution in [1.82, 2.24) is 20.4 Å². The quantitative estimate of drug-likeness (QED) is 0.872. The van der Waals surface area contributed by atoms with Crippen LogP contribution in [0.1, 0.15) is 73.1 Å². The van der Waals surface area contributed by atoms with Crippen LogP contribution in [0, 0.1) is 5.92 Å². The molecule has 24 heavy (non-hydrogen) atoms. The third-order valence-corrected chi connectivity index (χ3v) is 5.99. The van der Waals surface area contributed by atoms with Gasteiger partial charge in [0.2, 0.25) is 0 Å². The Kier molecular flexibility index (Phi) is 4.61. The Morgan fingerprint density at radius 1 is 1.12 bits per heavy atom. The summed E-state index contributed by atoms with van der Waals surface area (Å²) in [7, 11) is 1.71. The highest BCUT2D eigenvalue weighted by molar-refractivity contribution is 5.93. The second-order valence-electron chi connectivity index (χ2n) is 7.92. The summed E-state index contributed by atoms with van der Waals surface area (Å²) in [6.07, 6.45) is 12.5. The molecule has 1 atom stereocenters. The summed E-state index contributed by atoms with van der Waals surface area (Å²) in [5, 5.41) is 11.3. The van der Waals surface area contributed by atoms with E-state index in [0.29, 0.717) is 11.7 Å². The molecule has 5 heteroatoms. The van der Waals surface area contributed by atoms with Crippen LogP contribution < -0.4 is 10.6 Å². The summed E-state index contributed by atoms with van der Waals surface area (Å²) >= 11 is 0. The number of hydrogen-bond acceptors (Lipinski definition) is 3. The number of rotatable bonds is 5. The lowest BCUT2D eigenvalue weighted by Crippen LogP contribution is -2.37. The molecule has 1 aromatic heterocycles. The van der Waals surface area contributed by atoms with Crippen LogP contribution in [0.15, 0.2) is 0 Å². The Balaban J connectivity index is 1.56. The molecule has 3 aliphatic rings. The van der Waals surface area contributed by atoms with E-state index in [9.17, 15) is 4.79 Å². The number of aromatic nitrogens is 2. The molecule has 1 unspecified atom stereocenters. The molecule has 0 radical (unpaired) electrons. The number of hydrogen-bond donors (Lipinski definition) is 2. The molecule has 0 aliphatic heterocycles. The van der Waals surface area contributed by atoms with Crippen molar-refractivity contribution in [3.05, 3.63) is 17.0 Å². The van der Waals surface area contributed by atoms with Gasteiger partial charge in [0.05, 0.1) is 0 Å². The molecule has 0 spiro atoms. The Morgan fingerprint density at radius 2 is 1.92 bits per heavy atom. The summed E-state index contributed by atoms with van der Waals surface area (Å²) in [5.41, 5.74) is 3.20.